The first-order valence-electron chi connectivity index (χ1n) is 14.3. The summed E-state index contributed by atoms with van der Waals surface area (Å²) in [6.45, 7) is 0. The lowest BCUT2D eigenvalue weighted by Gasteiger charge is -2.34. The van der Waals surface area contributed by atoms with Crippen LogP contribution < -0.4 is 0 Å². The summed E-state index contributed by atoms with van der Waals surface area (Å²) in [6, 6.07) is 48.3. The number of fused-ring (bicyclic) bond motifs is 3. The number of rotatable bonds is 5. The second kappa shape index (κ2) is 10.2. The number of nitrogens with zero attached hydrogens (tertiary/aromatic N) is 5. The van der Waals surface area contributed by atoms with Crippen LogP contribution in [0, 0.1) is 0 Å². The average Bonchev–Trinajstić information content (AvgIpc) is 3.40. The van der Waals surface area contributed by atoms with E-state index in [0.29, 0.717) is 28.9 Å². The van der Waals surface area contributed by atoms with Gasteiger partial charge in [-0.25, -0.2) is 15.0 Å². The van der Waals surface area contributed by atoms with Crippen LogP contribution in [0.25, 0.3) is 45.6 Å². The fraction of sp³-hybridized carbons (Fsp3) is 0.0263. The van der Waals surface area contributed by atoms with Crippen LogP contribution in [0.1, 0.15) is 22.3 Å². The van der Waals surface area contributed by atoms with Gasteiger partial charge in [0.2, 0.25) is 0 Å². The van der Waals surface area contributed by atoms with Crippen LogP contribution in [0.5, 0.6) is 0 Å². The summed E-state index contributed by atoms with van der Waals surface area (Å²) < 4.78 is 0. The molecule has 4 aromatic carbocycles. The van der Waals surface area contributed by atoms with Crippen molar-refractivity contribution in [2.24, 2.45) is 0 Å². The average molecular weight is 552 g/mol. The number of benzene rings is 4. The maximum absolute atomic E-state index is 4.95. The van der Waals surface area contributed by atoms with Gasteiger partial charge in [-0.1, -0.05) is 109 Å². The van der Waals surface area contributed by atoms with Crippen molar-refractivity contribution in [1.82, 2.24) is 24.9 Å². The zero-order valence-corrected chi connectivity index (χ0v) is 23.2. The third-order valence-corrected chi connectivity index (χ3v) is 8.14. The van der Waals surface area contributed by atoms with Gasteiger partial charge in [-0.3, -0.25) is 9.97 Å². The second-order valence-electron chi connectivity index (χ2n) is 10.5. The molecule has 0 bridgehead atoms. The molecule has 0 aliphatic heterocycles. The predicted octanol–water partition coefficient (Wildman–Crippen LogP) is 8.03. The van der Waals surface area contributed by atoms with Crippen molar-refractivity contribution in [1.29, 1.82) is 0 Å². The monoisotopic (exact) mass is 551 g/mol. The molecule has 0 N–H and O–H groups in total. The summed E-state index contributed by atoms with van der Waals surface area (Å²) in [4.78, 5) is 23.8. The van der Waals surface area contributed by atoms with Gasteiger partial charge >= 0.3 is 0 Å². The summed E-state index contributed by atoms with van der Waals surface area (Å²) in [6.07, 6.45) is 3.50. The van der Waals surface area contributed by atoms with E-state index in [4.69, 9.17) is 15.0 Å². The first-order chi connectivity index (χ1) is 21.3. The lowest BCUT2D eigenvalue weighted by Crippen LogP contribution is -2.28. The van der Waals surface area contributed by atoms with Gasteiger partial charge in [-0.05, 0) is 63.7 Å². The maximum atomic E-state index is 4.95. The van der Waals surface area contributed by atoms with Crippen LogP contribution >= 0.6 is 0 Å². The predicted molar refractivity (Wildman–Crippen MR) is 169 cm³/mol. The largest absolute Gasteiger partial charge is 0.253 e. The lowest BCUT2D eigenvalue weighted by molar-refractivity contribution is 0.768. The molecule has 0 saturated heterocycles. The van der Waals surface area contributed by atoms with Gasteiger partial charge in [0, 0.05) is 18.0 Å². The molecule has 202 valence electrons. The molecule has 7 aromatic rings. The number of aromatic nitrogens is 5. The van der Waals surface area contributed by atoms with Gasteiger partial charge in [-0.2, -0.15) is 0 Å². The van der Waals surface area contributed by atoms with Crippen molar-refractivity contribution >= 4 is 0 Å². The quantitative estimate of drug-likeness (QED) is 0.217. The molecule has 8 rings (SSSR count). The molecule has 5 nitrogen and oxygen atoms in total. The van der Waals surface area contributed by atoms with Gasteiger partial charge < -0.3 is 0 Å². The Bertz CT molecular complexity index is 1960. The van der Waals surface area contributed by atoms with Gasteiger partial charge in [-0.15, -0.1) is 0 Å². The summed E-state index contributed by atoms with van der Waals surface area (Å²) in [5, 5.41) is 0. The summed E-state index contributed by atoms with van der Waals surface area (Å²) in [5.41, 5.74) is 9.07. The van der Waals surface area contributed by atoms with Crippen LogP contribution in [0.4, 0.5) is 0 Å². The van der Waals surface area contributed by atoms with Crippen LogP contribution in [0.15, 0.2) is 152 Å². The number of hydrogen-bond donors (Lipinski definition) is 0. The standard InChI is InChI=1S/C38H25N5/c1-3-13-27(14-4-1)38(28-15-5-2-6-16-28)31-18-8-7-17-29(31)30-22-21-26(25-32(30)38)35-41-36(33-19-9-11-23-39-33)43-37(42-35)34-20-10-12-24-40-34/h1-25H. The van der Waals surface area contributed by atoms with Gasteiger partial charge in [0.25, 0.3) is 0 Å². The molecule has 0 atom stereocenters. The molecule has 0 fully saturated rings. The molecule has 3 aromatic heterocycles. The fourth-order valence-corrected chi connectivity index (χ4v) is 6.31. The van der Waals surface area contributed by atoms with Crippen LogP contribution in [-0.4, -0.2) is 24.9 Å². The van der Waals surface area contributed by atoms with E-state index in [1.165, 1.54) is 33.4 Å². The Morgan fingerprint density at radius 1 is 0.395 bits per heavy atom. The highest BCUT2D eigenvalue weighted by Gasteiger charge is 2.46. The van der Waals surface area contributed by atoms with E-state index in [0.717, 1.165) is 5.56 Å². The molecule has 0 spiro atoms. The molecule has 3 heterocycles. The Kier molecular flexibility index (Phi) is 5.93. The fourth-order valence-electron chi connectivity index (χ4n) is 6.31. The molecule has 0 radical (unpaired) electrons. The van der Waals surface area contributed by atoms with Gasteiger partial charge in [0.1, 0.15) is 11.4 Å². The van der Waals surface area contributed by atoms with Crippen molar-refractivity contribution in [2.75, 3.05) is 0 Å². The molecule has 43 heavy (non-hydrogen) atoms. The van der Waals surface area contributed by atoms with Crippen LogP contribution in [-0.2, 0) is 5.41 Å². The van der Waals surface area contributed by atoms with Crippen molar-refractivity contribution in [3.63, 3.8) is 0 Å². The van der Waals surface area contributed by atoms with Crippen LogP contribution in [0.2, 0.25) is 0 Å². The van der Waals surface area contributed by atoms with E-state index < -0.39 is 5.41 Å². The normalized spacial score (nSPS) is 12.8. The highest BCUT2D eigenvalue weighted by molar-refractivity contribution is 5.88. The van der Waals surface area contributed by atoms with Crippen molar-refractivity contribution in [3.05, 3.63) is 174 Å². The minimum absolute atomic E-state index is 0.507. The van der Waals surface area contributed by atoms with Crippen LogP contribution in [0.3, 0.4) is 0 Å². The molecule has 0 amide bonds. The zero-order chi connectivity index (χ0) is 28.6. The molecule has 0 unspecified atom stereocenters. The first kappa shape index (κ1) is 24.9. The number of hydrogen-bond acceptors (Lipinski definition) is 5. The number of pyridine rings is 2. The van der Waals surface area contributed by atoms with E-state index in [2.05, 4.69) is 113 Å². The van der Waals surface area contributed by atoms with Crippen molar-refractivity contribution < 1.29 is 0 Å². The van der Waals surface area contributed by atoms with E-state index in [1.54, 1.807) is 12.4 Å². The molecule has 0 saturated carbocycles. The maximum Gasteiger partial charge on any atom is 0.182 e. The second-order valence-corrected chi connectivity index (χ2v) is 10.5. The first-order valence-corrected chi connectivity index (χ1v) is 14.3. The third kappa shape index (κ3) is 4.05. The summed E-state index contributed by atoms with van der Waals surface area (Å²) in [5.74, 6) is 1.59. The zero-order valence-electron chi connectivity index (χ0n) is 23.2. The molecule has 1 aliphatic rings. The Morgan fingerprint density at radius 2 is 0.907 bits per heavy atom. The molecular formula is C38H25N5. The van der Waals surface area contributed by atoms with Crippen molar-refractivity contribution in [3.8, 4) is 45.6 Å². The summed E-state index contributed by atoms with van der Waals surface area (Å²) in [7, 11) is 0. The Labute approximate surface area is 249 Å². The van der Waals surface area contributed by atoms with E-state index in [9.17, 15) is 0 Å². The SMILES string of the molecule is c1ccc(C2(c3ccccc3)c3ccccc3-c3ccc(-c4nc(-c5ccccn5)nc(-c5ccccn5)n4)cc32)cc1. The third-order valence-electron chi connectivity index (χ3n) is 8.14. The smallest absolute Gasteiger partial charge is 0.182 e. The Morgan fingerprint density at radius 3 is 1.49 bits per heavy atom. The summed E-state index contributed by atoms with van der Waals surface area (Å²) >= 11 is 0. The minimum Gasteiger partial charge on any atom is -0.253 e. The van der Waals surface area contributed by atoms with Gasteiger partial charge in [0.15, 0.2) is 17.5 Å². The molecule has 1 aliphatic carbocycles. The Balaban J connectivity index is 1.41. The van der Waals surface area contributed by atoms with E-state index >= 15 is 0 Å². The van der Waals surface area contributed by atoms with E-state index in [1.807, 2.05) is 36.4 Å². The minimum atomic E-state index is -0.509. The molecule has 5 heteroatoms. The highest BCUT2D eigenvalue weighted by atomic mass is 15.1. The highest BCUT2D eigenvalue weighted by Crippen LogP contribution is 2.56. The van der Waals surface area contributed by atoms with Crippen molar-refractivity contribution in [2.45, 2.75) is 5.41 Å². The molecular weight excluding hydrogens is 526 g/mol. The van der Waals surface area contributed by atoms with E-state index in [-0.39, 0.29) is 0 Å². The van der Waals surface area contributed by atoms with Gasteiger partial charge in [0.05, 0.1) is 5.41 Å². The topological polar surface area (TPSA) is 64.5 Å². The Hall–Kier alpha value is -5.81. The lowest BCUT2D eigenvalue weighted by atomic mass is 9.67.